The molecule has 0 aromatic heterocycles. The smallest absolute Gasteiger partial charge is 0.333 e. The molecule has 1 aliphatic carbocycles. The van der Waals surface area contributed by atoms with Crippen molar-refractivity contribution in [2.24, 2.45) is 5.92 Å². The summed E-state index contributed by atoms with van der Waals surface area (Å²) >= 11 is 3.33. The molecule has 18 heavy (non-hydrogen) atoms. The summed E-state index contributed by atoms with van der Waals surface area (Å²) in [7, 11) is 1.32. The Morgan fingerprint density at radius 3 is 2.44 bits per heavy atom. The van der Waals surface area contributed by atoms with E-state index >= 15 is 0 Å². The third kappa shape index (κ3) is 3.10. The molecule has 96 valence electrons. The van der Waals surface area contributed by atoms with Gasteiger partial charge in [0.05, 0.1) is 7.11 Å². The lowest BCUT2D eigenvalue weighted by Crippen LogP contribution is -2.35. The maximum absolute atomic E-state index is 11.7. The van der Waals surface area contributed by atoms with Crippen LogP contribution in [-0.2, 0) is 14.3 Å². The minimum atomic E-state index is -0.726. The van der Waals surface area contributed by atoms with Gasteiger partial charge in [-0.3, -0.25) is 4.79 Å². The molecule has 1 aromatic rings. The molecule has 0 radical (unpaired) electrons. The van der Waals surface area contributed by atoms with E-state index in [9.17, 15) is 9.59 Å². The highest BCUT2D eigenvalue weighted by Crippen LogP contribution is 2.30. The minimum Gasteiger partial charge on any atom is -0.467 e. The van der Waals surface area contributed by atoms with Crippen LogP contribution in [0.1, 0.15) is 24.4 Å². The largest absolute Gasteiger partial charge is 0.467 e. The molecule has 1 N–H and O–H groups in total. The molecule has 0 unspecified atom stereocenters. The van der Waals surface area contributed by atoms with Crippen LogP contribution in [0.25, 0.3) is 0 Å². The molecule has 1 aliphatic rings. The summed E-state index contributed by atoms with van der Waals surface area (Å²) < 4.78 is 5.65. The molecule has 1 atom stereocenters. The first kappa shape index (κ1) is 13.1. The van der Waals surface area contributed by atoms with E-state index in [4.69, 9.17) is 4.74 Å². The zero-order valence-electron chi connectivity index (χ0n) is 9.98. The molecular formula is C13H14BrNO3. The quantitative estimate of drug-likeness (QED) is 0.867. The number of carbonyl (C=O) groups is 2. The fourth-order valence-electron chi connectivity index (χ4n) is 1.66. The van der Waals surface area contributed by atoms with Crippen molar-refractivity contribution in [2.75, 3.05) is 7.11 Å². The molecule has 1 saturated carbocycles. The number of nitrogens with one attached hydrogen (secondary N) is 1. The summed E-state index contributed by atoms with van der Waals surface area (Å²) in [5.74, 6) is -0.466. The Balaban J connectivity index is 2.15. The number of carbonyl (C=O) groups excluding carboxylic acids is 2. The van der Waals surface area contributed by atoms with Gasteiger partial charge in [0.15, 0.2) is 6.04 Å². The standard InChI is InChI=1S/C13H14BrNO3/c1-18-13(17)11(15-12(16)9-2-3-9)8-4-6-10(14)7-5-8/h4-7,9,11H,2-3H2,1H3,(H,15,16)/t11-/m1/s1. The van der Waals surface area contributed by atoms with Crippen molar-refractivity contribution in [3.63, 3.8) is 0 Å². The number of hydrogen-bond donors (Lipinski definition) is 1. The number of hydrogen-bond acceptors (Lipinski definition) is 3. The van der Waals surface area contributed by atoms with Gasteiger partial charge >= 0.3 is 5.97 Å². The molecular weight excluding hydrogens is 298 g/mol. The second-order valence-corrected chi connectivity index (χ2v) is 5.21. The Kier molecular flexibility index (Phi) is 4.01. The van der Waals surface area contributed by atoms with Crippen LogP contribution in [0.3, 0.4) is 0 Å². The van der Waals surface area contributed by atoms with Crippen molar-refractivity contribution >= 4 is 27.8 Å². The topological polar surface area (TPSA) is 55.4 Å². The Morgan fingerprint density at radius 1 is 1.33 bits per heavy atom. The molecule has 1 aromatic carbocycles. The highest BCUT2D eigenvalue weighted by Gasteiger charge is 2.33. The molecule has 0 aliphatic heterocycles. The number of rotatable bonds is 4. The van der Waals surface area contributed by atoms with Crippen molar-refractivity contribution < 1.29 is 14.3 Å². The second-order valence-electron chi connectivity index (χ2n) is 4.29. The number of benzene rings is 1. The average Bonchev–Trinajstić information content (AvgIpc) is 3.20. The van der Waals surface area contributed by atoms with Crippen LogP contribution in [0.4, 0.5) is 0 Å². The second kappa shape index (κ2) is 5.52. The van der Waals surface area contributed by atoms with Gasteiger partial charge in [-0.25, -0.2) is 4.79 Å². The van der Waals surface area contributed by atoms with E-state index < -0.39 is 12.0 Å². The van der Waals surface area contributed by atoms with Crippen molar-refractivity contribution in [1.82, 2.24) is 5.32 Å². The van der Waals surface area contributed by atoms with Gasteiger partial charge < -0.3 is 10.1 Å². The zero-order valence-corrected chi connectivity index (χ0v) is 11.6. The SMILES string of the molecule is COC(=O)[C@H](NC(=O)C1CC1)c1ccc(Br)cc1. The number of esters is 1. The van der Waals surface area contributed by atoms with Gasteiger partial charge in [0, 0.05) is 10.4 Å². The lowest BCUT2D eigenvalue weighted by Gasteiger charge is -2.16. The Labute approximate surface area is 114 Å². The number of methoxy groups -OCH3 is 1. The van der Waals surface area contributed by atoms with Gasteiger partial charge in [0.2, 0.25) is 5.91 Å². The summed E-state index contributed by atoms with van der Waals surface area (Å²) in [5.41, 5.74) is 0.721. The van der Waals surface area contributed by atoms with Gasteiger partial charge in [0.25, 0.3) is 0 Å². The van der Waals surface area contributed by atoms with Crippen LogP contribution in [0.15, 0.2) is 28.7 Å². The molecule has 0 heterocycles. The van der Waals surface area contributed by atoms with Crippen molar-refractivity contribution in [1.29, 1.82) is 0 Å². The van der Waals surface area contributed by atoms with E-state index in [-0.39, 0.29) is 11.8 Å². The Morgan fingerprint density at radius 2 is 1.94 bits per heavy atom. The van der Waals surface area contributed by atoms with Crippen molar-refractivity contribution in [3.8, 4) is 0 Å². The summed E-state index contributed by atoms with van der Waals surface area (Å²) in [5, 5.41) is 2.74. The van der Waals surface area contributed by atoms with E-state index in [2.05, 4.69) is 21.2 Å². The molecule has 4 nitrogen and oxygen atoms in total. The first-order valence-electron chi connectivity index (χ1n) is 5.75. The summed E-state index contributed by atoms with van der Waals surface area (Å²) in [6.07, 6.45) is 1.81. The fraction of sp³-hybridized carbons (Fsp3) is 0.385. The van der Waals surface area contributed by atoms with Crippen molar-refractivity contribution in [2.45, 2.75) is 18.9 Å². The van der Waals surface area contributed by atoms with Crippen molar-refractivity contribution in [3.05, 3.63) is 34.3 Å². The van der Waals surface area contributed by atoms with E-state index in [0.29, 0.717) is 0 Å². The molecule has 0 bridgehead atoms. The van der Waals surface area contributed by atoms with Gasteiger partial charge in [0.1, 0.15) is 0 Å². The minimum absolute atomic E-state index is 0.0626. The maximum Gasteiger partial charge on any atom is 0.333 e. The van der Waals surface area contributed by atoms with Crippen LogP contribution in [0.2, 0.25) is 0 Å². The van der Waals surface area contributed by atoms with E-state index in [0.717, 1.165) is 22.9 Å². The Bertz CT molecular complexity index is 454. The third-order valence-corrected chi connectivity index (χ3v) is 3.40. The average molecular weight is 312 g/mol. The highest BCUT2D eigenvalue weighted by atomic mass is 79.9. The van der Waals surface area contributed by atoms with Gasteiger partial charge in [-0.05, 0) is 30.5 Å². The fourth-order valence-corrected chi connectivity index (χ4v) is 1.92. The highest BCUT2D eigenvalue weighted by molar-refractivity contribution is 9.10. The molecule has 2 rings (SSSR count). The number of halogens is 1. The first-order chi connectivity index (χ1) is 8.61. The van der Waals surface area contributed by atoms with Crippen LogP contribution in [0, 0.1) is 5.92 Å². The lowest BCUT2D eigenvalue weighted by atomic mass is 10.1. The van der Waals surface area contributed by atoms with Gasteiger partial charge in [-0.15, -0.1) is 0 Å². The van der Waals surface area contributed by atoms with Crippen LogP contribution < -0.4 is 5.32 Å². The summed E-state index contributed by atoms with van der Waals surface area (Å²) in [6, 6.07) is 6.51. The van der Waals surface area contributed by atoms with Crippen LogP contribution in [0.5, 0.6) is 0 Å². The van der Waals surface area contributed by atoms with E-state index in [1.54, 1.807) is 12.1 Å². The molecule has 1 fully saturated rings. The predicted octanol–water partition coefficient (Wildman–Crippen LogP) is 2.19. The summed E-state index contributed by atoms with van der Waals surface area (Å²) in [4.78, 5) is 23.5. The normalized spacial score (nSPS) is 15.9. The van der Waals surface area contributed by atoms with E-state index in [1.165, 1.54) is 7.11 Å². The zero-order chi connectivity index (χ0) is 13.1. The first-order valence-corrected chi connectivity index (χ1v) is 6.55. The van der Waals surface area contributed by atoms with Crippen LogP contribution >= 0.6 is 15.9 Å². The number of ether oxygens (including phenoxy) is 1. The van der Waals surface area contributed by atoms with E-state index in [1.807, 2.05) is 12.1 Å². The summed E-state index contributed by atoms with van der Waals surface area (Å²) in [6.45, 7) is 0. The molecule has 0 spiro atoms. The monoisotopic (exact) mass is 311 g/mol. The number of amides is 1. The van der Waals surface area contributed by atoms with Gasteiger partial charge in [-0.2, -0.15) is 0 Å². The molecule has 5 heteroatoms. The van der Waals surface area contributed by atoms with Gasteiger partial charge in [-0.1, -0.05) is 28.1 Å². The Hall–Kier alpha value is -1.36. The lowest BCUT2D eigenvalue weighted by molar-refractivity contribution is -0.145. The molecule has 0 saturated heterocycles. The van der Waals surface area contributed by atoms with Crippen LogP contribution in [-0.4, -0.2) is 19.0 Å². The third-order valence-electron chi connectivity index (χ3n) is 2.87. The molecule has 1 amide bonds. The maximum atomic E-state index is 11.7. The predicted molar refractivity (Wildman–Crippen MR) is 69.8 cm³/mol.